The number of nitrogens with one attached hydrogen (secondary N) is 1. The molecule has 0 unspecified atom stereocenters. The number of hydrogen-bond donors (Lipinski definition) is 1. The Bertz CT molecular complexity index is 1010. The number of aliphatic imine (C=N–C) groups is 1. The zero-order chi connectivity index (χ0) is 18.6. The third kappa shape index (κ3) is 4.23. The lowest BCUT2D eigenvalue weighted by atomic mass is 10.0. The molecule has 0 atom stereocenters. The molecule has 0 spiro atoms. The molecule has 134 valence electrons. The van der Waals surface area contributed by atoms with Gasteiger partial charge in [0.1, 0.15) is 5.82 Å². The second-order valence-electron chi connectivity index (χ2n) is 6.29. The molecule has 1 N–H and O–H groups in total. The molecule has 27 heavy (non-hydrogen) atoms. The molecular formula is C22H17ClFN3. The number of benzene rings is 2. The van der Waals surface area contributed by atoms with Gasteiger partial charge in [0.15, 0.2) is 0 Å². The van der Waals surface area contributed by atoms with E-state index in [0.717, 1.165) is 28.2 Å². The fourth-order valence-electron chi connectivity index (χ4n) is 3.02. The second kappa shape index (κ2) is 7.72. The molecule has 0 bridgehead atoms. The summed E-state index contributed by atoms with van der Waals surface area (Å²) in [5.41, 5.74) is 5.87. The van der Waals surface area contributed by atoms with Crippen LogP contribution >= 0.6 is 11.6 Å². The van der Waals surface area contributed by atoms with Crippen molar-refractivity contribution in [3.05, 3.63) is 100 Å². The predicted molar refractivity (Wildman–Crippen MR) is 109 cm³/mol. The number of aromatic nitrogens is 1. The first-order chi connectivity index (χ1) is 13.2. The van der Waals surface area contributed by atoms with Gasteiger partial charge in [-0.05, 0) is 65.7 Å². The summed E-state index contributed by atoms with van der Waals surface area (Å²) in [6, 6.07) is 16.5. The molecule has 3 nitrogen and oxygen atoms in total. The van der Waals surface area contributed by atoms with Gasteiger partial charge in [-0.25, -0.2) is 4.39 Å². The number of allylic oxidation sites excluding steroid dienone is 1. The van der Waals surface area contributed by atoms with Gasteiger partial charge in [-0.15, -0.1) is 0 Å². The normalized spacial score (nSPS) is 12.9. The molecule has 5 heteroatoms. The number of anilines is 1. The van der Waals surface area contributed by atoms with Gasteiger partial charge in [-0.2, -0.15) is 0 Å². The van der Waals surface area contributed by atoms with Crippen LogP contribution in [0.4, 0.5) is 10.1 Å². The minimum absolute atomic E-state index is 0.331. The summed E-state index contributed by atoms with van der Waals surface area (Å²) in [7, 11) is 0. The Morgan fingerprint density at radius 3 is 2.81 bits per heavy atom. The summed E-state index contributed by atoms with van der Waals surface area (Å²) in [6.07, 6.45) is 5.72. The lowest BCUT2D eigenvalue weighted by molar-refractivity contribution is 0.626. The highest BCUT2D eigenvalue weighted by Crippen LogP contribution is 2.24. The van der Waals surface area contributed by atoms with Crippen LogP contribution in [0.5, 0.6) is 0 Å². The Hall–Kier alpha value is -2.98. The van der Waals surface area contributed by atoms with Crippen LogP contribution in [0.25, 0.3) is 6.08 Å². The second-order valence-corrected chi connectivity index (χ2v) is 6.73. The van der Waals surface area contributed by atoms with Crippen LogP contribution in [-0.2, 0) is 13.1 Å². The van der Waals surface area contributed by atoms with Crippen molar-refractivity contribution in [2.45, 2.75) is 13.1 Å². The Morgan fingerprint density at radius 2 is 2.00 bits per heavy atom. The summed E-state index contributed by atoms with van der Waals surface area (Å²) in [5.74, 6) is -0.331. The fourth-order valence-corrected chi connectivity index (χ4v) is 3.26. The summed E-state index contributed by atoms with van der Waals surface area (Å²) in [4.78, 5) is 8.90. The smallest absolute Gasteiger partial charge is 0.125 e. The summed E-state index contributed by atoms with van der Waals surface area (Å²) < 4.78 is 13.5. The number of fused-ring (bicyclic) bond motifs is 1. The minimum Gasteiger partial charge on any atom is -0.381 e. The van der Waals surface area contributed by atoms with E-state index >= 15 is 0 Å². The Morgan fingerprint density at radius 1 is 1.07 bits per heavy atom. The van der Waals surface area contributed by atoms with Gasteiger partial charge < -0.3 is 5.32 Å². The molecule has 3 aromatic rings. The first-order valence-electron chi connectivity index (χ1n) is 8.63. The maximum absolute atomic E-state index is 13.5. The molecule has 4 rings (SSSR count). The predicted octanol–water partition coefficient (Wildman–Crippen LogP) is 5.50. The van der Waals surface area contributed by atoms with E-state index in [9.17, 15) is 4.39 Å². The molecule has 2 aromatic carbocycles. The van der Waals surface area contributed by atoms with Crippen molar-refractivity contribution in [2.24, 2.45) is 4.99 Å². The Labute approximate surface area is 162 Å². The zero-order valence-electron chi connectivity index (χ0n) is 14.5. The first kappa shape index (κ1) is 17.4. The van der Waals surface area contributed by atoms with E-state index in [4.69, 9.17) is 11.6 Å². The number of pyridine rings is 1. The molecule has 0 saturated carbocycles. The van der Waals surface area contributed by atoms with E-state index in [2.05, 4.69) is 27.4 Å². The molecule has 0 radical (unpaired) electrons. The SMILES string of the molecule is Fc1cc(Cl)cc(CNc2ccc3c(c2)C(/C=C/c2ccccn2)=NC3)c1. The molecule has 0 saturated heterocycles. The lowest BCUT2D eigenvalue weighted by Gasteiger charge is -2.09. The van der Waals surface area contributed by atoms with Crippen LogP contribution in [0.1, 0.15) is 22.4 Å². The molecule has 1 aliphatic heterocycles. The molecular weight excluding hydrogens is 361 g/mol. The van der Waals surface area contributed by atoms with E-state index in [1.54, 1.807) is 12.3 Å². The van der Waals surface area contributed by atoms with E-state index in [-0.39, 0.29) is 5.82 Å². The summed E-state index contributed by atoms with van der Waals surface area (Å²) in [5, 5.41) is 3.72. The zero-order valence-corrected chi connectivity index (χ0v) is 15.2. The topological polar surface area (TPSA) is 37.3 Å². The van der Waals surface area contributed by atoms with Crippen molar-refractivity contribution in [2.75, 3.05) is 5.32 Å². The summed E-state index contributed by atoms with van der Waals surface area (Å²) in [6.45, 7) is 1.17. The standard InChI is InChI=1S/C22H17ClFN3/c23-17-9-15(10-18(24)11-17)13-26-20-5-4-16-14-27-22(21(16)12-20)7-6-19-3-1-2-8-25-19/h1-12,26H,13-14H2/b7-6+. The lowest BCUT2D eigenvalue weighted by Crippen LogP contribution is -2.02. The van der Waals surface area contributed by atoms with Crippen molar-refractivity contribution in [1.29, 1.82) is 0 Å². The highest BCUT2D eigenvalue weighted by molar-refractivity contribution is 6.30. The molecule has 1 aliphatic rings. The maximum Gasteiger partial charge on any atom is 0.125 e. The van der Waals surface area contributed by atoms with E-state index in [1.807, 2.05) is 36.4 Å². The Balaban J connectivity index is 1.50. The van der Waals surface area contributed by atoms with E-state index in [1.165, 1.54) is 17.7 Å². The van der Waals surface area contributed by atoms with Crippen LogP contribution in [-0.4, -0.2) is 10.7 Å². The number of halogens is 2. The van der Waals surface area contributed by atoms with Gasteiger partial charge in [0.05, 0.1) is 18.0 Å². The van der Waals surface area contributed by atoms with Crippen LogP contribution in [0, 0.1) is 5.82 Å². The van der Waals surface area contributed by atoms with Crippen molar-refractivity contribution >= 4 is 29.1 Å². The molecule has 1 aromatic heterocycles. The minimum atomic E-state index is -0.331. The van der Waals surface area contributed by atoms with Crippen LogP contribution < -0.4 is 5.32 Å². The first-order valence-corrected chi connectivity index (χ1v) is 9.01. The Kier molecular flexibility index (Phi) is 4.99. The van der Waals surface area contributed by atoms with Gasteiger partial charge in [-0.3, -0.25) is 9.98 Å². The van der Waals surface area contributed by atoms with Gasteiger partial charge in [0.2, 0.25) is 0 Å². The molecule has 0 aliphatic carbocycles. The summed E-state index contributed by atoms with van der Waals surface area (Å²) >= 11 is 5.92. The van der Waals surface area contributed by atoms with Gasteiger partial charge >= 0.3 is 0 Å². The quantitative estimate of drug-likeness (QED) is 0.637. The highest BCUT2D eigenvalue weighted by atomic mass is 35.5. The van der Waals surface area contributed by atoms with Crippen molar-refractivity contribution in [3.63, 3.8) is 0 Å². The fraction of sp³-hybridized carbons (Fsp3) is 0.0909. The van der Waals surface area contributed by atoms with E-state index in [0.29, 0.717) is 18.1 Å². The molecule has 0 amide bonds. The van der Waals surface area contributed by atoms with Crippen molar-refractivity contribution in [1.82, 2.24) is 4.98 Å². The van der Waals surface area contributed by atoms with Crippen molar-refractivity contribution < 1.29 is 4.39 Å². The maximum atomic E-state index is 13.5. The average molecular weight is 378 g/mol. The van der Waals surface area contributed by atoms with Crippen LogP contribution in [0.15, 0.2) is 71.9 Å². The van der Waals surface area contributed by atoms with E-state index < -0.39 is 0 Å². The third-order valence-electron chi connectivity index (χ3n) is 4.32. The van der Waals surface area contributed by atoms with Crippen LogP contribution in [0.3, 0.4) is 0 Å². The number of hydrogen-bond acceptors (Lipinski definition) is 3. The average Bonchev–Trinajstić information content (AvgIpc) is 3.07. The van der Waals surface area contributed by atoms with Gasteiger partial charge in [-0.1, -0.05) is 23.7 Å². The highest BCUT2D eigenvalue weighted by Gasteiger charge is 2.14. The largest absolute Gasteiger partial charge is 0.381 e. The van der Waals surface area contributed by atoms with Gasteiger partial charge in [0, 0.05) is 29.0 Å². The monoisotopic (exact) mass is 377 g/mol. The molecule has 0 fully saturated rings. The van der Waals surface area contributed by atoms with Gasteiger partial charge in [0.25, 0.3) is 0 Å². The number of rotatable bonds is 5. The van der Waals surface area contributed by atoms with Crippen molar-refractivity contribution in [3.8, 4) is 0 Å². The third-order valence-corrected chi connectivity index (χ3v) is 4.54. The number of nitrogens with zero attached hydrogens (tertiary/aromatic N) is 2. The molecule has 2 heterocycles. The van der Waals surface area contributed by atoms with Crippen LogP contribution in [0.2, 0.25) is 5.02 Å².